The second-order valence-electron chi connectivity index (χ2n) is 6.88. The minimum atomic E-state index is -0.240. The maximum Gasteiger partial charge on any atom is 0.241 e. The van der Waals surface area contributed by atoms with Gasteiger partial charge in [0.2, 0.25) is 7.28 Å². The molecule has 0 saturated carbocycles. The van der Waals surface area contributed by atoms with Crippen LogP contribution < -0.4 is 5.72 Å². The van der Waals surface area contributed by atoms with Crippen molar-refractivity contribution in [3.63, 3.8) is 0 Å². The SMILES string of the molecule is Fc1cccc(C=C([B]c2nccn2CCc2ccccc2)c2ccccc2)c1. The predicted octanol–water partition coefficient (Wildman–Crippen LogP) is 4.79. The molecule has 3 aromatic carbocycles. The van der Waals surface area contributed by atoms with Crippen LogP contribution in [0.4, 0.5) is 4.39 Å². The molecule has 4 rings (SSSR count). The lowest BCUT2D eigenvalue weighted by Crippen LogP contribution is -2.28. The standard InChI is InChI=1S/C25H21BFN2/c27-23-13-7-10-21(18-23)19-24(22-11-5-2-6-12-22)26-25-28-15-17-29(25)16-14-20-8-3-1-4-9-20/h1-13,15,17-19H,14,16H2. The quantitative estimate of drug-likeness (QED) is 0.333. The van der Waals surface area contributed by atoms with Crippen molar-refractivity contribution >= 4 is 24.6 Å². The van der Waals surface area contributed by atoms with Crippen molar-refractivity contribution in [3.8, 4) is 0 Å². The Morgan fingerprint density at radius 3 is 2.45 bits per heavy atom. The molecule has 0 atom stereocenters. The Labute approximate surface area is 171 Å². The van der Waals surface area contributed by atoms with E-state index in [1.807, 2.05) is 48.8 Å². The summed E-state index contributed by atoms with van der Waals surface area (Å²) in [5.41, 5.74) is 5.05. The molecule has 0 bridgehead atoms. The van der Waals surface area contributed by atoms with Crippen molar-refractivity contribution in [1.82, 2.24) is 9.55 Å². The van der Waals surface area contributed by atoms with Crippen molar-refractivity contribution < 1.29 is 4.39 Å². The van der Waals surface area contributed by atoms with Gasteiger partial charge in [0.25, 0.3) is 0 Å². The number of halogens is 1. The zero-order valence-corrected chi connectivity index (χ0v) is 16.1. The molecule has 0 aliphatic heterocycles. The third-order valence-corrected chi connectivity index (χ3v) is 4.79. The van der Waals surface area contributed by atoms with Crippen LogP contribution in [0.5, 0.6) is 0 Å². The Morgan fingerprint density at radius 1 is 0.931 bits per heavy atom. The first-order valence-corrected chi connectivity index (χ1v) is 9.70. The molecule has 29 heavy (non-hydrogen) atoms. The lowest BCUT2D eigenvalue weighted by molar-refractivity contribution is 0.627. The molecule has 141 valence electrons. The Balaban J connectivity index is 1.60. The van der Waals surface area contributed by atoms with Gasteiger partial charge in [-0.1, -0.05) is 84.3 Å². The van der Waals surface area contributed by atoms with Gasteiger partial charge in [0.15, 0.2) is 0 Å². The number of aromatic nitrogens is 2. The average molecular weight is 379 g/mol. The third-order valence-electron chi connectivity index (χ3n) is 4.79. The fourth-order valence-corrected chi connectivity index (χ4v) is 3.30. The summed E-state index contributed by atoms with van der Waals surface area (Å²) in [7, 11) is 2.06. The summed E-state index contributed by atoms with van der Waals surface area (Å²) in [4.78, 5) is 4.55. The summed E-state index contributed by atoms with van der Waals surface area (Å²) in [5, 5.41) is 0. The average Bonchev–Trinajstić information content (AvgIpc) is 3.20. The van der Waals surface area contributed by atoms with Gasteiger partial charge in [-0.2, -0.15) is 0 Å². The highest BCUT2D eigenvalue weighted by Gasteiger charge is 2.11. The monoisotopic (exact) mass is 379 g/mol. The van der Waals surface area contributed by atoms with E-state index in [4.69, 9.17) is 0 Å². The largest absolute Gasteiger partial charge is 0.343 e. The molecule has 0 N–H and O–H groups in total. The van der Waals surface area contributed by atoms with E-state index in [2.05, 4.69) is 53.2 Å². The van der Waals surface area contributed by atoms with Crippen LogP contribution in [0.25, 0.3) is 11.5 Å². The van der Waals surface area contributed by atoms with Crippen molar-refractivity contribution in [2.75, 3.05) is 0 Å². The molecule has 0 aliphatic carbocycles. The van der Waals surface area contributed by atoms with E-state index in [9.17, 15) is 4.39 Å². The molecule has 0 spiro atoms. The van der Waals surface area contributed by atoms with Gasteiger partial charge >= 0.3 is 0 Å². The van der Waals surface area contributed by atoms with Crippen LogP contribution in [0.2, 0.25) is 0 Å². The first-order valence-electron chi connectivity index (χ1n) is 9.70. The molecule has 0 aliphatic rings. The van der Waals surface area contributed by atoms with Gasteiger partial charge in [0.1, 0.15) is 5.82 Å². The number of benzene rings is 3. The molecule has 0 amide bonds. The minimum Gasteiger partial charge on any atom is -0.343 e. The van der Waals surface area contributed by atoms with Crippen LogP contribution in [-0.4, -0.2) is 16.8 Å². The number of hydrogen-bond donors (Lipinski definition) is 0. The molecule has 4 heteroatoms. The van der Waals surface area contributed by atoms with E-state index in [0.29, 0.717) is 0 Å². The van der Waals surface area contributed by atoms with E-state index in [0.717, 1.165) is 35.3 Å². The van der Waals surface area contributed by atoms with Gasteiger partial charge in [-0.05, 0) is 35.2 Å². The summed E-state index contributed by atoms with van der Waals surface area (Å²) in [6, 6.07) is 27.2. The van der Waals surface area contributed by atoms with Gasteiger partial charge in [-0.3, -0.25) is 4.98 Å². The predicted molar refractivity (Wildman–Crippen MR) is 118 cm³/mol. The van der Waals surface area contributed by atoms with Gasteiger partial charge in [-0.25, -0.2) is 4.39 Å². The number of hydrogen-bond acceptors (Lipinski definition) is 1. The second kappa shape index (κ2) is 9.20. The van der Waals surface area contributed by atoms with Crippen molar-refractivity contribution in [2.24, 2.45) is 0 Å². The molecular weight excluding hydrogens is 358 g/mol. The zero-order valence-electron chi connectivity index (χ0n) is 16.1. The fraction of sp³-hybridized carbons (Fsp3) is 0.0800. The Kier molecular flexibility index (Phi) is 6.01. The fourth-order valence-electron chi connectivity index (χ4n) is 3.30. The summed E-state index contributed by atoms with van der Waals surface area (Å²) < 4.78 is 15.8. The summed E-state index contributed by atoms with van der Waals surface area (Å²) in [6.07, 6.45) is 6.75. The van der Waals surface area contributed by atoms with Crippen LogP contribution in [0, 0.1) is 5.82 Å². The summed E-state index contributed by atoms with van der Waals surface area (Å²) in [5.74, 6) is -0.240. The Hall–Kier alpha value is -3.40. The molecule has 1 aromatic heterocycles. The lowest BCUT2D eigenvalue weighted by atomic mass is 9.65. The smallest absolute Gasteiger partial charge is 0.241 e. The van der Waals surface area contributed by atoms with Crippen LogP contribution >= 0.6 is 0 Å². The van der Waals surface area contributed by atoms with Crippen LogP contribution in [0.15, 0.2) is 97.3 Å². The van der Waals surface area contributed by atoms with E-state index < -0.39 is 0 Å². The summed E-state index contributed by atoms with van der Waals surface area (Å²) in [6.45, 7) is 0.845. The minimum absolute atomic E-state index is 0.240. The lowest BCUT2D eigenvalue weighted by Gasteiger charge is -2.11. The first-order chi connectivity index (χ1) is 14.3. The van der Waals surface area contributed by atoms with E-state index >= 15 is 0 Å². The normalized spacial score (nSPS) is 11.4. The van der Waals surface area contributed by atoms with Gasteiger partial charge < -0.3 is 4.57 Å². The highest BCUT2D eigenvalue weighted by atomic mass is 19.1. The van der Waals surface area contributed by atoms with Crippen molar-refractivity contribution in [1.29, 1.82) is 0 Å². The van der Waals surface area contributed by atoms with Gasteiger partial charge in [0.05, 0.1) is 5.72 Å². The number of rotatable bonds is 7. The van der Waals surface area contributed by atoms with Gasteiger partial charge in [0, 0.05) is 18.9 Å². The maximum atomic E-state index is 13.7. The Morgan fingerprint density at radius 2 is 1.69 bits per heavy atom. The molecule has 4 aromatic rings. The van der Waals surface area contributed by atoms with Crippen molar-refractivity contribution in [3.05, 3.63) is 120 Å². The molecule has 0 unspecified atom stereocenters. The molecule has 1 heterocycles. The Bertz CT molecular complexity index is 1090. The van der Waals surface area contributed by atoms with E-state index in [1.165, 1.54) is 11.6 Å². The van der Waals surface area contributed by atoms with Crippen LogP contribution in [-0.2, 0) is 13.0 Å². The third kappa shape index (κ3) is 5.11. The topological polar surface area (TPSA) is 17.8 Å². The molecule has 2 nitrogen and oxygen atoms in total. The highest BCUT2D eigenvalue weighted by Crippen LogP contribution is 2.18. The first kappa shape index (κ1) is 18.9. The molecule has 0 saturated heterocycles. The molecular formula is C25H21BFN2. The number of aryl methyl sites for hydroxylation is 2. The number of nitrogens with zero attached hydrogens (tertiary/aromatic N) is 2. The van der Waals surface area contributed by atoms with Crippen LogP contribution in [0.3, 0.4) is 0 Å². The maximum absolute atomic E-state index is 13.7. The van der Waals surface area contributed by atoms with Gasteiger partial charge in [-0.15, -0.1) is 0 Å². The zero-order chi connectivity index (χ0) is 19.9. The van der Waals surface area contributed by atoms with E-state index in [-0.39, 0.29) is 5.82 Å². The number of imidazole rings is 1. The summed E-state index contributed by atoms with van der Waals surface area (Å²) >= 11 is 0. The van der Waals surface area contributed by atoms with Crippen LogP contribution in [0.1, 0.15) is 16.7 Å². The van der Waals surface area contributed by atoms with Crippen molar-refractivity contribution in [2.45, 2.75) is 13.0 Å². The molecule has 1 radical (unpaired) electrons. The van der Waals surface area contributed by atoms with E-state index in [1.54, 1.807) is 12.1 Å². The molecule has 0 fully saturated rings. The second-order valence-corrected chi connectivity index (χ2v) is 6.88. The highest BCUT2D eigenvalue weighted by molar-refractivity contribution is 6.73.